The van der Waals surface area contributed by atoms with E-state index < -0.39 is 0 Å². The van der Waals surface area contributed by atoms with Crippen LogP contribution in [0.4, 0.5) is 11.9 Å². The van der Waals surface area contributed by atoms with E-state index in [1.807, 2.05) is 6.07 Å². The first-order valence-corrected chi connectivity index (χ1v) is 4.82. The molecule has 0 spiro atoms. The highest BCUT2D eigenvalue weighted by Gasteiger charge is 2.04. The summed E-state index contributed by atoms with van der Waals surface area (Å²) >= 11 is 0. The Morgan fingerprint density at radius 1 is 1.24 bits per heavy atom. The zero-order chi connectivity index (χ0) is 11.7. The minimum atomic E-state index is -0.221. The third kappa shape index (κ3) is 1.71. The fourth-order valence-electron chi connectivity index (χ4n) is 1.47. The number of aromatic nitrogens is 6. The van der Waals surface area contributed by atoms with Gasteiger partial charge in [0, 0.05) is 0 Å². The molecule has 3 N–H and O–H groups in total. The van der Waals surface area contributed by atoms with Crippen LogP contribution in [0.15, 0.2) is 29.1 Å². The first-order valence-electron chi connectivity index (χ1n) is 4.82. The normalized spacial score (nSPS) is 10.6. The van der Waals surface area contributed by atoms with E-state index >= 15 is 0 Å². The Balaban J connectivity index is 2.10. The van der Waals surface area contributed by atoms with Crippen molar-refractivity contribution in [2.75, 3.05) is 5.32 Å². The maximum atomic E-state index is 11.7. The smallest absolute Gasteiger partial charge is 0.269 e. The van der Waals surface area contributed by atoms with Crippen molar-refractivity contribution < 1.29 is 0 Å². The van der Waals surface area contributed by atoms with Crippen LogP contribution in [0, 0.1) is 0 Å². The lowest BCUT2D eigenvalue weighted by atomic mass is 10.2. The molecular formula is C9H7N7O. The molecule has 0 aliphatic rings. The van der Waals surface area contributed by atoms with Crippen LogP contribution in [-0.4, -0.2) is 30.6 Å². The summed E-state index contributed by atoms with van der Waals surface area (Å²) in [6.07, 6.45) is 0. The molecule has 3 rings (SSSR count). The second kappa shape index (κ2) is 3.67. The Morgan fingerprint density at radius 2 is 2.12 bits per heavy atom. The second-order valence-electron chi connectivity index (χ2n) is 3.29. The molecule has 8 heteroatoms. The van der Waals surface area contributed by atoms with Crippen LogP contribution in [-0.2, 0) is 0 Å². The molecule has 0 saturated heterocycles. The fourth-order valence-corrected chi connectivity index (χ4v) is 1.47. The molecule has 2 aromatic heterocycles. The van der Waals surface area contributed by atoms with Crippen LogP contribution in [0.5, 0.6) is 0 Å². The number of H-pyrrole nitrogens is 2. The van der Waals surface area contributed by atoms with Crippen molar-refractivity contribution in [3.8, 4) is 0 Å². The Hall–Kier alpha value is -2.77. The number of nitrogens with one attached hydrogen (secondary N) is 3. The predicted molar refractivity (Wildman–Crippen MR) is 59.8 cm³/mol. The van der Waals surface area contributed by atoms with E-state index in [1.54, 1.807) is 18.2 Å². The first-order chi connectivity index (χ1) is 8.33. The number of hydrogen-bond acceptors (Lipinski definition) is 6. The van der Waals surface area contributed by atoms with Gasteiger partial charge < -0.3 is 0 Å². The summed E-state index contributed by atoms with van der Waals surface area (Å²) in [5.74, 6) is 0.513. The molecule has 0 aliphatic heterocycles. The Bertz CT molecular complexity index is 703. The quantitative estimate of drug-likeness (QED) is 0.577. The molecule has 0 bridgehead atoms. The lowest BCUT2D eigenvalue weighted by Crippen LogP contribution is -2.11. The highest BCUT2D eigenvalue weighted by molar-refractivity contribution is 5.78. The molecule has 0 saturated carbocycles. The number of fused-ring (bicyclic) bond motifs is 1. The van der Waals surface area contributed by atoms with Gasteiger partial charge in [-0.05, 0) is 17.3 Å². The van der Waals surface area contributed by atoms with Crippen LogP contribution < -0.4 is 10.9 Å². The minimum absolute atomic E-state index is 0.221. The molecule has 0 radical (unpaired) electrons. The highest BCUT2D eigenvalue weighted by atomic mass is 16.1. The lowest BCUT2D eigenvalue weighted by molar-refractivity contribution is 0.881. The molecular weight excluding hydrogens is 222 g/mol. The van der Waals surface area contributed by atoms with Gasteiger partial charge >= 0.3 is 0 Å². The van der Waals surface area contributed by atoms with Crippen LogP contribution in [0.1, 0.15) is 0 Å². The Morgan fingerprint density at radius 3 is 2.94 bits per heavy atom. The number of nitrogens with zero attached hydrogens (tertiary/aromatic N) is 4. The Labute approximate surface area is 94.1 Å². The fraction of sp³-hybridized carbons (Fsp3) is 0. The van der Waals surface area contributed by atoms with Crippen LogP contribution in [0.25, 0.3) is 10.9 Å². The summed E-state index contributed by atoms with van der Waals surface area (Å²) < 4.78 is 0. The van der Waals surface area contributed by atoms with Crippen molar-refractivity contribution in [1.29, 1.82) is 0 Å². The molecule has 3 aromatic rings. The number of anilines is 2. The van der Waals surface area contributed by atoms with Crippen molar-refractivity contribution in [3.05, 3.63) is 34.6 Å². The molecule has 0 amide bonds. The van der Waals surface area contributed by atoms with Gasteiger partial charge in [-0.15, -0.1) is 5.10 Å². The zero-order valence-electron chi connectivity index (χ0n) is 8.51. The summed E-state index contributed by atoms with van der Waals surface area (Å²) in [5, 5.41) is 16.3. The van der Waals surface area contributed by atoms with Crippen molar-refractivity contribution >= 4 is 22.8 Å². The number of tetrazole rings is 1. The number of hydrogen-bond donors (Lipinski definition) is 3. The molecule has 2 heterocycles. The van der Waals surface area contributed by atoms with Crippen molar-refractivity contribution in [1.82, 2.24) is 30.6 Å². The van der Waals surface area contributed by atoms with Crippen molar-refractivity contribution in [2.24, 2.45) is 0 Å². The standard InChI is InChI=1S/C9H7N7O/c17-7-5-3-1-2-4-6(5)10-8(11-7)12-9-13-15-16-14-9/h1-4H,(H3,10,11,12,13,14,15,16,17). The van der Waals surface area contributed by atoms with Crippen LogP contribution >= 0.6 is 0 Å². The molecule has 17 heavy (non-hydrogen) atoms. The summed E-state index contributed by atoms with van der Waals surface area (Å²) in [6, 6.07) is 7.06. The third-order valence-electron chi connectivity index (χ3n) is 2.19. The topological polar surface area (TPSA) is 112 Å². The van der Waals surface area contributed by atoms with Gasteiger partial charge in [-0.3, -0.25) is 15.1 Å². The van der Waals surface area contributed by atoms with Crippen LogP contribution in [0.2, 0.25) is 0 Å². The minimum Gasteiger partial charge on any atom is -0.292 e. The third-order valence-corrected chi connectivity index (χ3v) is 2.19. The average Bonchev–Trinajstić information content (AvgIpc) is 2.82. The van der Waals surface area contributed by atoms with E-state index in [2.05, 4.69) is 35.9 Å². The number of aromatic amines is 2. The van der Waals surface area contributed by atoms with E-state index in [-0.39, 0.29) is 17.5 Å². The maximum absolute atomic E-state index is 11.7. The highest BCUT2D eigenvalue weighted by Crippen LogP contribution is 2.09. The molecule has 0 aliphatic carbocycles. The average molecular weight is 229 g/mol. The summed E-state index contributed by atoms with van der Waals surface area (Å²) in [5.41, 5.74) is 0.379. The monoisotopic (exact) mass is 229 g/mol. The van der Waals surface area contributed by atoms with E-state index in [4.69, 9.17) is 0 Å². The summed E-state index contributed by atoms with van der Waals surface area (Å²) in [4.78, 5) is 18.5. The van der Waals surface area contributed by atoms with E-state index in [1.165, 1.54) is 0 Å². The van der Waals surface area contributed by atoms with Gasteiger partial charge in [-0.1, -0.05) is 17.2 Å². The van der Waals surface area contributed by atoms with Crippen molar-refractivity contribution in [2.45, 2.75) is 0 Å². The molecule has 8 nitrogen and oxygen atoms in total. The second-order valence-corrected chi connectivity index (χ2v) is 3.29. The van der Waals surface area contributed by atoms with E-state index in [0.717, 1.165) is 0 Å². The van der Waals surface area contributed by atoms with E-state index in [9.17, 15) is 4.79 Å². The molecule has 0 atom stereocenters. The van der Waals surface area contributed by atoms with E-state index in [0.29, 0.717) is 10.9 Å². The Kier molecular flexibility index (Phi) is 2.04. The number of para-hydroxylation sites is 1. The predicted octanol–water partition coefficient (Wildman–Crippen LogP) is 0.180. The van der Waals surface area contributed by atoms with Gasteiger partial charge in [0.05, 0.1) is 10.9 Å². The van der Waals surface area contributed by atoms with Gasteiger partial charge in [0.1, 0.15) is 0 Å². The molecule has 0 fully saturated rings. The molecule has 1 aromatic carbocycles. The molecule has 84 valence electrons. The van der Waals surface area contributed by atoms with Gasteiger partial charge in [0.2, 0.25) is 5.95 Å². The van der Waals surface area contributed by atoms with Gasteiger partial charge in [0.15, 0.2) is 0 Å². The van der Waals surface area contributed by atoms with Crippen LogP contribution in [0.3, 0.4) is 0 Å². The summed E-state index contributed by atoms with van der Waals surface area (Å²) in [6.45, 7) is 0. The lowest BCUT2D eigenvalue weighted by Gasteiger charge is -2.01. The number of rotatable bonds is 2. The van der Waals surface area contributed by atoms with Gasteiger partial charge in [0.25, 0.3) is 11.5 Å². The number of benzene rings is 1. The van der Waals surface area contributed by atoms with Gasteiger partial charge in [-0.25, -0.2) is 4.98 Å². The van der Waals surface area contributed by atoms with Crippen molar-refractivity contribution in [3.63, 3.8) is 0 Å². The largest absolute Gasteiger partial charge is 0.292 e. The maximum Gasteiger partial charge on any atom is 0.269 e. The zero-order valence-corrected chi connectivity index (χ0v) is 8.51. The van der Waals surface area contributed by atoms with Gasteiger partial charge in [-0.2, -0.15) is 5.21 Å². The molecule has 0 unspecified atom stereocenters. The SMILES string of the molecule is O=c1[nH]c(Nc2nn[nH]n2)nc2ccccc12. The first kappa shape index (κ1) is 9.46. The summed E-state index contributed by atoms with van der Waals surface area (Å²) in [7, 11) is 0.